The van der Waals surface area contributed by atoms with Gasteiger partial charge in [0, 0.05) is 29.9 Å². The second-order valence-electron chi connectivity index (χ2n) is 7.68. The predicted molar refractivity (Wildman–Crippen MR) is 118 cm³/mol. The fourth-order valence-corrected chi connectivity index (χ4v) is 4.33. The Kier molecular flexibility index (Phi) is 6.23. The van der Waals surface area contributed by atoms with Gasteiger partial charge in [-0.3, -0.25) is 0 Å². The maximum absolute atomic E-state index is 13.2. The summed E-state index contributed by atoms with van der Waals surface area (Å²) in [7, 11) is 0. The second-order valence-corrected chi connectivity index (χ2v) is 8.15. The standard InChI is InChI=1S/C21H20F3N7S/c1-32-31-15-4-2-12(3-5-15)8-28-20-29-9-13(7-25)18(30-20)17-11-27-19-16(17)6-14(10-26-19)21(22,23)24/h6,9-12,15H,1-5,8H2,(H,26,27)(H,28,29,30)/t12-,15-. The Morgan fingerprint density at radius 1 is 1.25 bits per heavy atom. The van der Waals surface area contributed by atoms with Crippen molar-refractivity contribution in [1.29, 1.82) is 5.26 Å². The number of pyridine rings is 1. The minimum Gasteiger partial charge on any atom is -0.354 e. The van der Waals surface area contributed by atoms with E-state index in [9.17, 15) is 18.4 Å². The molecule has 1 aliphatic rings. The molecule has 7 nitrogen and oxygen atoms in total. The Bertz CT molecular complexity index is 1220. The lowest BCUT2D eigenvalue weighted by molar-refractivity contribution is -0.137. The zero-order valence-corrected chi connectivity index (χ0v) is 17.8. The number of rotatable bonds is 5. The number of hydrogen-bond donors (Lipinski definition) is 2. The van der Waals surface area contributed by atoms with Crippen molar-refractivity contribution in [2.75, 3.05) is 11.9 Å². The normalized spacial score (nSPS) is 18.8. The zero-order valence-electron chi connectivity index (χ0n) is 17.0. The molecule has 0 aromatic carbocycles. The largest absolute Gasteiger partial charge is 0.417 e. The molecule has 1 aliphatic carbocycles. The highest BCUT2D eigenvalue weighted by molar-refractivity contribution is 7.65. The molecule has 0 spiro atoms. The summed E-state index contributed by atoms with van der Waals surface area (Å²) in [6.07, 6.45) is 3.22. The van der Waals surface area contributed by atoms with Crippen LogP contribution >= 0.6 is 0 Å². The first-order valence-corrected chi connectivity index (χ1v) is 11.0. The van der Waals surface area contributed by atoms with Crippen molar-refractivity contribution in [3.63, 3.8) is 0 Å². The van der Waals surface area contributed by atoms with Crippen LogP contribution in [0.4, 0.5) is 19.1 Å². The molecule has 0 radical (unpaired) electrons. The van der Waals surface area contributed by atoms with Crippen molar-refractivity contribution in [3.05, 3.63) is 35.8 Å². The molecule has 0 amide bonds. The van der Waals surface area contributed by atoms with E-state index in [2.05, 4.69) is 35.5 Å². The summed E-state index contributed by atoms with van der Waals surface area (Å²) in [6, 6.07) is 3.38. The average Bonchev–Trinajstić information content (AvgIpc) is 3.21. The van der Waals surface area contributed by atoms with Gasteiger partial charge in [-0.25, -0.2) is 19.3 Å². The van der Waals surface area contributed by atoms with E-state index in [0.717, 1.165) is 37.9 Å². The topological polar surface area (TPSA) is 103 Å². The summed E-state index contributed by atoms with van der Waals surface area (Å²) in [5, 5.41) is 12.9. The van der Waals surface area contributed by atoms with Gasteiger partial charge in [0.15, 0.2) is 0 Å². The molecular weight excluding hydrogens is 439 g/mol. The van der Waals surface area contributed by atoms with E-state index in [-0.39, 0.29) is 22.3 Å². The number of fused-ring (bicyclic) bond motifs is 1. The first-order chi connectivity index (χ1) is 15.4. The van der Waals surface area contributed by atoms with Crippen LogP contribution in [0.3, 0.4) is 0 Å². The highest BCUT2D eigenvalue weighted by Crippen LogP contribution is 2.35. The lowest BCUT2D eigenvalue weighted by Gasteiger charge is -2.25. The number of halogens is 3. The number of nitrogens with zero attached hydrogens (tertiary/aromatic N) is 5. The number of aromatic amines is 1. The minimum atomic E-state index is -4.52. The maximum Gasteiger partial charge on any atom is 0.417 e. The first-order valence-electron chi connectivity index (χ1n) is 10.1. The third-order valence-corrected chi connectivity index (χ3v) is 6.06. The smallest absolute Gasteiger partial charge is 0.354 e. The number of anilines is 1. The van der Waals surface area contributed by atoms with Crippen LogP contribution in [0.2, 0.25) is 0 Å². The van der Waals surface area contributed by atoms with Crippen LogP contribution in [0, 0.1) is 17.2 Å². The molecule has 1 saturated carbocycles. The van der Waals surface area contributed by atoms with E-state index in [1.807, 2.05) is 6.07 Å². The lowest BCUT2D eigenvalue weighted by atomic mass is 9.86. The van der Waals surface area contributed by atoms with Crippen LogP contribution in [0.25, 0.3) is 22.3 Å². The van der Waals surface area contributed by atoms with Gasteiger partial charge in [-0.2, -0.15) is 18.4 Å². The summed E-state index contributed by atoms with van der Waals surface area (Å²) >= 11 is 1.27. The molecule has 3 aromatic rings. The zero-order chi connectivity index (χ0) is 22.7. The molecule has 32 heavy (non-hydrogen) atoms. The molecule has 1 fully saturated rings. The molecule has 11 heteroatoms. The van der Waals surface area contributed by atoms with Crippen LogP contribution in [0.1, 0.15) is 36.8 Å². The molecule has 0 bridgehead atoms. The van der Waals surface area contributed by atoms with E-state index in [4.69, 9.17) is 0 Å². The van der Waals surface area contributed by atoms with Crippen LogP contribution in [0.5, 0.6) is 0 Å². The van der Waals surface area contributed by atoms with Crippen molar-refractivity contribution < 1.29 is 13.2 Å². The molecule has 0 atom stereocenters. The molecule has 3 heterocycles. The third-order valence-electron chi connectivity index (χ3n) is 5.61. The summed E-state index contributed by atoms with van der Waals surface area (Å²) < 4.78 is 43.9. The van der Waals surface area contributed by atoms with Crippen molar-refractivity contribution in [2.24, 2.45) is 10.3 Å². The van der Waals surface area contributed by atoms with Crippen LogP contribution < -0.4 is 5.32 Å². The number of alkyl halides is 3. The van der Waals surface area contributed by atoms with Gasteiger partial charge in [0.05, 0.1) is 29.1 Å². The molecule has 0 aliphatic heterocycles. The van der Waals surface area contributed by atoms with Gasteiger partial charge in [0.25, 0.3) is 0 Å². The predicted octanol–water partition coefficient (Wildman–Crippen LogP) is 4.58. The number of aromatic nitrogens is 4. The van der Waals surface area contributed by atoms with E-state index >= 15 is 0 Å². The Morgan fingerprint density at radius 3 is 2.72 bits per heavy atom. The van der Waals surface area contributed by atoms with Crippen LogP contribution in [-0.2, 0) is 17.3 Å². The van der Waals surface area contributed by atoms with Gasteiger partial charge in [-0.15, -0.1) is 0 Å². The SMILES string of the molecule is C=S=N[C@H]1CC[C@H](CNc2ncc(C#N)c(-c3c[nH]c4ncc(C(F)(F)F)cc34)n2)CC1. The fraction of sp³-hybridized carbons (Fsp3) is 0.381. The van der Waals surface area contributed by atoms with Crippen LogP contribution in [0.15, 0.2) is 29.0 Å². The molecule has 4 rings (SSSR count). The Hall–Kier alpha value is -3.26. The molecular formula is C21H20F3N7S. The second kappa shape index (κ2) is 9.08. The first kappa shape index (κ1) is 22.0. The van der Waals surface area contributed by atoms with Gasteiger partial charge in [-0.05, 0) is 43.5 Å². The van der Waals surface area contributed by atoms with Crippen molar-refractivity contribution >= 4 is 34.0 Å². The summed E-state index contributed by atoms with van der Waals surface area (Å²) in [4.78, 5) is 15.4. The average molecular weight is 460 g/mol. The molecule has 2 N–H and O–H groups in total. The lowest BCUT2D eigenvalue weighted by Crippen LogP contribution is -2.23. The van der Waals surface area contributed by atoms with Crippen molar-refractivity contribution in [3.8, 4) is 17.3 Å². The Balaban J connectivity index is 1.58. The fourth-order valence-electron chi connectivity index (χ4n) is 3.90. The summed E-state index contributed by atoms with van der Waals surface area (Å²) in [5.74, 6) is 4.47. The quantitative estimate of drug-likeness (QED) is 0.544. The van der Waals surface area contributed by atoms with Gasteiger partial charge in [0.2, 0.25) is 5.95 Å². The van der Waals surface area contributed by atoms with Gasteiger partial charge in [-0.1, -0.05) is 11.1 Å². The van der Waals surface area contributed by atoms with E-state index in [1.165, 1.54) is 23.5 Å². The monoisotopic (exact) mass is 459 g/mol. The summed E-state index contributed by atoms with van der Waals surface area (Å²) in [5.41, 5.74) is 0.214. The van der Waals surface area contributed by atoms with Gasteiger partial charge < -0.3 is 10.3 Å². The van der Waals surface area contributed by atoms with Crippen molar-refractivity contribution in [2.45, 2.75) is 37.9 Å². The third kappa shape index (κ3) is 4.65. The van der Waals surface area contributed by atoms with E-state index < -0.39 is 11.7 Å². The van der Waals surface area contributed by atoms with Gasteiger partial charge in [0.1, 0.15) is 11.7 Å². The Labute approximate surface area is 185 Å². The summed E-state index contributed by atoms with van der Waals surface area (Å²) in [6.45, 7) is 0.670. The molecule has 0 saturated heterocycles. The number of nitriles is 1. The van der Waals surface area contributed by atoms with Crippen LogP contribution in [-0.4, -0.2) is 38.4 Å². The molecule has 3 aromatic heterocycles. The molecule has 0 unspecified atom stereocenters. The maximum atomic E-state index is 13.2. The molecule has 166 valence electrons. The highest BCUT2D eigenvalue weighted by Gasteiger charge is 2.31. The van der Waals surface area contributed by atoms with E-state index in [0.29, 0.717) is 30.0 Å². The van der Waals surface area contributed by atoms with Gasteiger partial charge >= 0.3 is 6.18 Å². The number of nitrogens with one attached hydrogen (secondary N) is 2. The van der Waals surface area contributed by atoms with Crippen molar-refractivity contribution in [1.82, 2.24) is 19.9 Å². The Morgan fingerprint density at radius 2 is 2.03 bits per heavy atom. The number of H-pyrrole nitrogens is 1. The highest BCUT2D eigenvalue weighted by atomic mass is 32.1. The number of hydrogen-bond acceptors (Lipinski definition) is 6. The van der Waals surface area contributed by atoms with E-state index in [1.54, 1.807) is 0 Å². The minimum absolute atomic E-state index is 0.168.